The lowest BCUT2D eigenvalue weighted by atomic mass is 9.97. The van der Waals surface area contributed by atoms with E-state index in [2.05, 4.69) is 10.1 Å². The monoisotopic (exact) mass is 349 g/mol. The van der Waals surface area contributed by atoms with Gasteiger partial charge in [-0.3, -0.25) is 0 Å². The Morgan fingerprint density at radius 1 is 1.08 bits per heavy atom. The van der Waals surface area contributed by atoms with Crippen molar-refractivity contribution in [1.82, 2.24) is 14.4 Å². The van der Waals surface area contributed by atoms with Gasteiger partial charge in [0.15, 0.2) is 5.82 Å². The molecule has 0 atom stereocenters. The first-order valence-corrected chi connectivity index (χ1v) is 9.61. The van der Waals surface area contributed by atoms with Crippen molar-refractivity contribution in [3.05, 3.63) is 36.0 Å². The van der Waals surface area contributed by atoms with Crippen molar-refractivity contribution in [2.45, 2.75) is 42.4 Å². The number of nitrogens with zero attached hydrogens (tertiary/aromatic N) is 3. The number of hydrogen-bond acceptors (Lipinski definition) is 6. The minimum absolute atomic E-state index is 0.0426. The Labute approximate surface area is 140 Å². The Morgan fingerprint density at radius 3 is 2.46 bits per heavy atom. The molecule has 0 unspecified atom stereocenters. The van der Waals surface area contributed by atoms with Crippen LogP contribution in [0.5, 0.6) is 5.75 Å². The molecule has 1 N–H and O–H groups in total. The van der Waals surface area contributed by atoms with E-state index in [1.165, 1.54) is 16.4 Å². The fraction of sp³-hybridized carbons (Fsp3) is 0.500. The summed E-state index contributed by atoms with van der Waals surface area (Å²) in [6.45, 7) is 0.767. The Hall–Kier alpha value is -1.93. The van der Waals surface area contributed by atoms with Crippen LogP contribution in [-0.2, 0) is 10.0 Å². The Bertz CT molecular complexity index is 837. The van der Waals surface area contributed by atoms with Crippen molar-refractivity contribution >= 4 is 10.0 Å². The number of phenolic OH excluding ortho intramolecular Hbond substituents is 1. The molecule has 0 spiro atoms. The second-order valence-corrected chi connectivity index (χ2v) is 8.32. The molecule has 0 bridgehead atoms. The molecular formula is C16H19N3O4S. The highest BCUT2D eigenvalue weighted by molar-refractivity contribution is 7.89. The summed E-state index contributed by atoms with van der Waals surface area (Å²) in [5, 5.41) is 13.9. The van der Waals surface area contributed by atoms with Crippen molar-refractivity contribution in [2.24, 2.45) is 0 Å². The van der Waals surface area contributed by atoms with Crippen LogP contribution < -0.4 is 0 Å². The quantitative estimate of drug-likeness (QED) is 0.909. The van der Waals surface area contributed by atoms with Crippen LogP contribution in [-0.4, -0.2) is 41.1 Å². The number of benzene rings is 1. The summed E-state index contributed by atoms with van der Waals surface area (Å²) in [5.74, 6) is 1.74. The second-order valence-electron chi connectivity index (χ2n) is 6.41. The van der Waals surface area contributed by atoms with Gasteiger partial charge >= 0.3 is 0 Å². The zero-order chi connectivity index (χ0) is 16.7. The molecule has 0 amide bonds. The van der Waals surface area contributed by atoms with Crippen LogP contribution in [0, 0.1) is 0 Å². The fourth-order valence-electron chi connectivity index (χ4n) is 3.08. The summed E-state index contributed by atoms with van der Waals surface area (Å²) >= 11 is 0. The number of aromatic hydroxyl groups is 1. The third-order valence-electron chi connectivity index (χ3n) is 4.69. The molecule has 1 aliphatic heterocycles. The normalized spacial score (nSPS) is 20.3. The predicted octanol–water partition coefficient (Wildman–Crippen LogP) is 2.22. The summed E-state index contributed by atoms with van der Waals surface area (Å²) in [7, 11) is -3.68. The predicted molar refractivity (Wildman–Crippen MR) is 85.1 cm³/mol. The van der Waals surface area contributed by atoms with Gasteiger partial charge in [0.25, 0.3) is 0 Å². The van der Waals surface area contributed by atoms with Gasteiger partial charge in [-0.15, -0.1) is 0 Å². The van der Waals surface area contributed by atoms with Crippen molar-refractivity contribution in [3.8, 4) is 5.75 Å². The molecule has 2 heterocycles. The van der Waals surface area contributed by atoms with Gasteiger partial charge in [0.2, 0.25) is 15.9 Å². The molecule has 2 aromatic rings. The van der Waals surface area contributed by atoms with E-state index in [4.69, 9.17) is 4.52 Å². The van der Waals surface area contributed by atoms with Gasteiger partial charge in [0.05, 0.1) is 0 Å². The van der Waals surface area contributed by atoms with E-state index in [0.29, 0.717) is 43.6 Å². The molecule has 1 saturated carbocycles. The number of para-hydroxylation sites is 1. The van der Waals surface area contributed by atoms with Crippen molar-refractivity contribution in [2.75, 3.05) is 13.1 Å². The molecule has 128 valence electrons. The van der Waals surface area contributed by atoms with Crippen LogP contribution >= 0.6 is 0 Å². The number of rotatable bonds is 4. The van der Waals surface area contributed by atoms with E-state index >= 15 is 0 Å². The number of aromatic nitrogens is 2. The summed E-state index contributed by atoms with van der Waals surface area (Å²) in [6, 6.07) is 6.03. The first kappa shape index (κ1) is 15.6. The second kappa shape index (κ2) is 5.86. The molecule has 7 nitrogen and oxygen atoms in total. The van der Waals surface area contributed by atoms with Gasteiger partial charge in [-0.2, -0.15) is 9.29 Å². The molecular weight excluding hydrogens is 330 g/mol. The molecule has 1 aliphatic carbocycles. The Balaban J connectivity index is 1.46. The highest BCUT2D eigenvalue weighted by Crippen LogP contribution is 2.40. The molecule has 4 rings (SSSR count). The molecule has 1 aromatic heterocycles. The van der Waals surface area contributed by atoms with Crippen LogP contribution in [0.25, 0.3) is 0 Å². The zero-order valence-corrected chi connectivity index (χ0v) is 13.9. The van der Waals surface area contributed by atoms with Crippen LogP contribution in [0.4, 0.5) is 0 Å². The molecule has 8 heteroatoms. The summed E-state index contributed by atoms with van der Waals surface area (Å²) < 4.78 is 32.1. The van der Waals surface area contributed by atoms with Crippen molar-refractivity contribution in [1.29, 1.82) is 0 Å². The topological polar surface area (TPSA) is 96.5 Å². The third kappa shape index (κ3) is 2.80. The molecule has 2 aliphatic rings. The van der Waals surface area contributed by atoms with Gasteiger partial charge < -0.3 is 9.63 Å². The standard InChI is InChI=1S/C16H19N3O4S/c20-13-3-1-2-4-14(13)24(21,22)19-9-7-11(8-10-19)15-17-16(23-18-15)12-5-6-12/h1-4,11-12,20H,5-10H2. The van der Waals surface area contributed by atoms with Crippen molar-refractivity contribution < 1.29 is 18.0 Å². The van der Waals surface area contributed by atoms with E-state index in [-0.39, 0.29) is 16.6 Å². The van der Waals surface area contributed by atoms with Gasteiger partial charge in [-0.05, 0) is 37.8 Å². The Morgan fingerprint density at radius 2 is 1.79 bits per heavy atom. The van der Waals surface area contributed by atoms with Crippen LogP contribution in [0.15, 0.2) is 33.7 Å². The van der Waals surface area contributed by atoms with E-state index in [9.17, 15) is 13.5 Å². The number of sulfonamides is 1. The largest absolute Gasteiger partial charge is 0.507 e. The molecule has 0 radical (unpaired) electrons. The summed E-state index contributed by atoms with van der Waals surface area (Å²) in [4.78, 5) is 4.43. The van der Waals surface area contributed by atoms with E-state index in [1.807, 2.05) is 0 Å². The van der Waals surface area contributed by atoms with Gasteiger partial charge in [0.1, 0.15) is 10.6 Å². The fourth-order valence-corrected chi connectivity index (χ4v) is 4.63. The molecule has 24 heavy (non-hydrogen) atoms. The first-order valence-electron chi connectivity index (χ1n) is 8.17. The summed E-state index contributed by atoms with van der Waals surface area (Å²) in [6.07, 6.45) is 3.52. The lowest BCUT2D eigenvalue weighted by Crippen LogP contribution is -2.38. The molecule has 1 aromatic carbocycles. The van der Waals surface area contributed by atoms with Gasteiger partial charge in [0, 0.05) is 24.9 Å². The SMILES string of the molecule is O=S(=O)(c1ccccc1O)N1CCC(c2noc(C3CC3)n2)CC1. The molecule has 1 saturated heterocycles. The highest BCUT2D eigenvalue weighted by atomic mass is 32.2. The minimum Gasteiger partial charge on any atom is -0.507 e. The van der Waals surface area contributed by atoms with Gasteiger partial charge in [-0.1, -0.05) is 17.3 Å². The maximum Gasteiger partial charge on any atom is 0.246 e. The lowest BCUT2D eigenvalue weighted by molar-refractivity contribution is 0.304. The van der Waals surface area contributed by atoms with Gasteiger partial charge in [-0.25, -0.2) is 8.42 Å². The highest BCUT2D eigenvalue weighted by Gasteiger charge is 2.35. The number of piperidine rings is 1. The maximum atomic E-state index is 12.7. The Kier molecular flexibility index (Phi) is 3.80. The smallest absolute Gasteiger partial charge is 0.246 e. The number of phenols is 1. The van der Waals surface area contributed by atoms with E-state index < -0.39 is 10.0 Å². The van der Waals surface area contributed by atoms with E-state index in [0.717, 1.165) is 12.8 Å². The lowest BCUT2D eigenvalue weighted by Gasteiger charge is -2.29. The van der Waals surface area contributed by atoms with Crippen molar-refractivity contribution in [3.63, 3.8) is 0 Å². The number of hydrogen-bond donors (Lipinski definition) is 1. The average molecular weight is 349 g/mol. The van der Waals surface area contributed by atoms with Crippen LogP contribution in [0.3, 0.4) is 0 Å². The van der Waals surface area contributed by atoms with Crippen LogP contribution in [0.1, 0.15) is 49.2 Å². The summed E-state index contributed by atoms with van der Waals surface area (Å²) in [5.41, 5.74) is 0. The average Bonchev–Trinajstić information content (AvgIpc) is 3.32. The maximum absolute atomic E-state index is 12.7. The minimum atomic E-state index is -3.68. The zero-order valence-electron chi connectivity index (χ0n) is 13.1. The third-order valence-corrected chi connectivity index (χ3v) is 6.63. The first-order chi connectivity index (χ1) is 11.6. The molecule has 2 fully saturated rings. The van der Waals surface area contributed by atoms with Crippen LogP contribution in [0.2, 0.25) is 0 Å². The van der Waals surface area contributed by atoms with E-state index in [1.54, 1.807) is 12.1 Å².